The Hall–Kier alpha value is -0.840. The minimum absolute atomic E-state index is 0.235. The van der Waals surface area contributed by atoms with Crippen molar-refractivity contribution in [2.24, 2.45) is 11.7 Å². The van der Waals surface area contributed by atoms with E-state index in [1.54, 1.807) is 18.2 Å². The molecule has 0 aliphatic rings. The molecule has 2 N–H and O–H groups in total. The molecule has 0 amide bonds. The molecule has 0 atom stereocenters. The molecular formula is C13H18ClNO2S. The predicted octanol–water partition coefficient (Wildman–Crippen LogP) is 3.03. The van der Waals surface area contributed by atoms with E-state index in [0.29, 0.717) is 35.5 Å². The lowest BCUT2D eigenvalue weighted by atomic mass is 10.2. The summed E-state index contributed by atoms with van der Waals surface area (Å²) in [5, 5.41) is 0.503. The Morgan fingerprint density at radius 3 is 2.72 bits per heavy atom. The van der Waals surface area contributed by atoms with Crippen LogP contribution in [0.4, 0.5) is 0 Å². The fourth-order valence-corrected chi connectivity index (χ4v) is 1.93. The van der Waals surface area contributed by atoms with E-state index in [2.05, 4.69) is 13.8 Å². The van der Waals surface area contributed by atoms with Crippen molar-refractivity contribution in [2.45, 2.75) is 13.8 Å². The Morgan fingerprint density at radius 1 is 1.39 bits per heavy atom. The fraction of sp³-hybridized carbons (Fsp3) is 0.462. The van der Waals surface area contributed by atoms with Gasteiger partial charge in [-0.3, -0.25) is 0 Å². The van der Waals surface area contributed by atoms with Crippen molar-refractivity contribution in [3.05, 3.63) is 28.8 Å². The first-order valence-corrected chi connectivity index (χ1v) is 6.60. The van der Waals surface area contributed by atoms with Gasteiger partial charge < -0.3 is 15.2 Å². The van der Waals surface area contributed by atoms with Gasteiger partial charge in [-0.15, -0.1) is 0 Å². The van der Waals surface area contributed by atoms with Crippen molar-refractivity contribution < 1.29 is 9.47 Å². The van der Waals surface area contributed by atoms with Crippen LogP contribution in [-0.2, 0) is 4.74 Å². The zero-order valence-electron chi connectivity index (χ0n) is 10.6. The summed E-state index contributed by atoms with van der Waals surface area (Å²) in [6, 6.07) is 5.33. The highest BCUT2D eigenvalue weighted by Gasteiger charge is 2.10. The molecule has 0 aliphatic carbocycles. The van der Waals surface area contributed by atoms with Gasteiger partial charge in [0.1, 0.15) is 17.3 Å². The van der Waals surface area contributed by atoms with Crippen LogP contribution in [0, 0.1) is 5.92 Å². The standard InChI is InChI=1S/C13H18ClNO2S/c1-9(2)8-16-6-7-17-11-5-3-4-10(14)12(11)13(15)18/h3-5,9H,6-8H2,1-2H3,(H2,15,18). The van der Waals surface area contributed by atoms with Crippen molar-refractivity contribution in [1.29, 1.82) is 0 Å². The van der Waals surface area contributed by atoms with E-state index < -0.39 is 0 Å². The Morgan fingerprint density at radius 2 is 2.11 bits per heavy atom. The SMILES string of the molecule is CC(C)COCCOc1cccc(Cl)c1C(N)=S. The molecule has 0 saturated heterocycles. The summed E-state index contributed by atoms with van der Waals surface area (Å²) >= 11 is 11.0. The second-order valence-corrected chi connectivity index (χ2v) is 5.14. The molecule has 5 heteroatoms. The first kappa shape index (κ1) is 15.2. The van der Waals surface area contributed by atoms with Crippen molar-refractivity contribution in [1.82, 2.24) is 0 Å². The van der Waals surface area contributed by atoms with Crippen LogP contribution in [0.1, 0.15) is 19.4 Å². The van der Waals surface area contributed by atoms with Crippen LogP contribution in [0.25, 0.3) is 0 Å². The first-order chi connectivity index (χ1) is 8.52. The Balaban J connectivity index is 2.52. The number of benzene rings is 1. The number of hydrogen-bond donors (Lipinski definition) is 1. The first-order valence-electron chi connectivity index (χ1n) is 5.81. The molecule has 0 bridgehead atoms. The van der Waals surface area contributed by atoms with Crippen LogP contribution in [0.15, 0.2) is 18.2 Å². The number of rotatable bonds is 7. The predicted molar refractivity (Wildman–Crippen MR) is 78.5 cm³/mol. The lowest BCUT2D eigenvalue weighted by Gasteiger charge is -2.12. The van der Waals surface area contributed by atoms with Gasteiger partial charge in [0.05, 0.1) is 17.2 Å². The van der Waals surface area contributed by atoms with Crippen LogP contribution in [0.5, 0.6) is 5.75 Å². The molecule has 1 aromatic carbocycles. The van der Waals surface area contributed by atoms with Gasteiger partial charge in [0, 0.05) is 6.61 Å². The minimum atomic E-state index is 0.235. The Bertz CT molecular complexity index is 410. The maximum absolute atomic E-state index is 6.03. The van der Waals surface area contributed by atoms with Crippen molar-refractivity contribution in [2.75, 3.05) is 19.8 Å². The summed E-state index contributed by atoms with van der Waals surface area (Å²) in [6.45, 7) is 5.90. The molecule has 0 saturated carbocycles. The molecule has 0 aliphatic heterocycles. The normalized spacial score (nSPS) is 10.7. The molecule has 18 heavy (non-hydrogen) atoms. The minimum Gasteiger partial charge on any atom is -0.490 e. The summed E-state index contributed by atoms with van der Waals surface area (Å²) in [5.41, 5.74) is 6.20. The van der Waals surface area contributed by atoms with E-state index in [1.165, 1.54) is 0 Å². The van der Waals surface area contributed by atoms with Gasteiger partial charge in [0.15, 0.2) is 0 Å². The summed E-state index contributed by atoms with van der Waals surface area (Å²) in [6.07, 6.45) is 0. The molecule has 0 fully saturated rings. The summed E-state index contributed by atoms with van der Waals surface area (Å²) in [5.74, 6) is 1.12. The van der Waals surface area contributed by atoms with Crippen molar-refractivity contribution >= 4 is 28.8 Å². The van der Waals surface area contributed by atoms with E-state index in [4.69, 9.17) is 39.0 Å². The molecule has 100 valence electrons. The Kier molecular flexibility index (Phi) is 6.39. The van der Waals surface area contributed by atoms with Crippen molar-refractivity contribution in [3.8, 4) is 5.75 Å². The van der Waals surface area contributed by atoms with Gasteiger partial charge in [0.25, 0.3) is 0 Å². The number of hydrogen-bond acceptors (Lipinski definition) is 3. The fourth-order valence-electron chi connectivity index (χ4n) is 1.39. The summed E-state index contributed by atoms with van der Waals surface area (Å²) in [7, 11) is 0. The van der Waals surface area contributed by atoms with Crippen LogP contribution in [0.2, 0.25) is 5.02 Å². The van der Waals surface area contributed by atoms with Gasteiger partial charge in [0.2, 0.25) is 0 Å². The topological polar surface area (TPSA) is 44.5 Å². The molecule has 3 nitrogen and oxygen atoms in total. The molecule has 0 aromatic heterocycles. The van der Waals surface area contributed by atoms with E-state index in [9.17, 15) is 0 Å². The highest BCUT2D eigenvalue weighted by molar-refractivity contribution is 7.80. The van der Waals surface area contributed by atoms with Crippen LogP contribution < -0.4 is 10.5 Å². The third kappa shape index (κ3) is 4.80. The molecular weight excluding hydrogens is 270 g/mol. The smallest absolute Gasteiger partial charge is 0.131 e. The van der Waals surface area contributed by atoms with E-state index in [1.807, 2.05) is 0 Å². The monoisotopic (exact) mass is 287 g/mol. The average molecular weight is 288 g/mol. The third-order valence-electron chi connectivity index (χ3n) is 2.16. The zero-order chi connectivity index (χ0) is 13.5. The van der Waals surface area contributed by atoms with E-state index >= 15 is 0 Å². The van der Waals surface area contributed by atoms with Gasteiger partial charge in [-0.05, 0) is 18.1 Å². The Labute approximate surface area is 118 Å². The second-order valence-electron chi connectivity index (χ2n) is 4.29. The highest BCUT2D eigenvalue weighted by atomic mass is 35.5. The largest absolute Gasteiger partial charge is 0.490 e. The maximum Gasteiger partial charge on any atom is 0.131 e. The number of ether oxygens (including phenoxy) is 2. The van der Waals surface area contributed by atoms with Gasteiger partial charge in [-0.1, -0.05) is 43.7 Å². The van der Waals surface area contributed by atoms with Crippen LogP contribution >= 0.6 is 23.8 Å². The molecule has 1 rings (SSSR count). The number of nitrogens with two attached hydrogens (primary N) is 1. The molecule has 0 radical (unpaired) electrons. The third-order valence-corrected chi connectivity index (χ3v) is 2.68. The zero-order valence-corrected chi connectivity index (χ0v) is 12.2. The summed E-state index contributed by atoms with van der Waals surface area (Å²) < 4.78 is 11.0. The van der Waals surface area contributed by atoms with Crippen LogP contribution in [-0.4, -0.2) is 24.8 Å². The van der Waals surface area contributed by atoms with E-state index in [0.717, 1.165) is 6.61 Å². The lowest BCUT2D eigenvalue weighted by Crippen LogP contribution is -2.15. The maximum atomic E-state index is 6.03. The molecule has 0 spiro atoms. The average Bonchev–Trinajstić information content (AvgIpc) is 2.27. The molecule has 0 unspecified atom stereocenters. The van der Waals surface area contributed by atoms with E-state index in [-0.39, 0.29) is 4.99 Å². The van der Waals surface area contributed by atoms with Gasteiger partial charge >= 0.3 is 0 Å². The lowest BCUT2D eigenvalue weighted by molar-refractivity contribution is 0.0818. The van der Waals surface area contributed by atoms with Gasteiger partial charge in [-0.25, -0.2) is 0 Å². The second kappa shape index (κ2) is 7.56. The highest BCUT2D eigenvalue weighted by Crippen LogP contribution is 2.26. The quantitative estimate of drug-likeness (QED) is 0.618. The van der Waals surface area contributed by atoms with Gasteiger partial charge in [-0.2, -0.15) is 0 Å². The molecule has 0 heterocycles. The number of thiocarbonyl (C=S) groups is 1. The van der Waals surface area contributed by atoms with Crippen molar-refractivity contribution in [3.63, 3.8) is 0 Å². The molecule has 1 aromatic rings. The number of halogens is 1. The summed E-state index contributed by atoms with van der Waals surface area (Å²) in [4.78, 5) is 0.235. The van der Waals surface area contributed by atoms with Crippen LogP contribution in [0.3, 0.4) is 0 Å².